The van der Waals surface area contributed by atoms with Crippen molar-refractivity contribution in [2.24, 2.45) is 0 Å². The fraction of sp³-hybridized carbons (Fsp3) is 1.00. The molecule has 96 valence electrons. The molecule has 0 saturated heterocycles. The van der Waals surface area contributed by atoms with Crippen LogP contribution >= 0.6 is 0 Å². The van der Waals surface area contributed by atoms with Gasteiger partial charge in [0.25, 0.3) is 0 Å². The zero-order chi connectivity index (χ0) is 12.4. The van der Waals surface area contributed by atoms with Gasteiger partial charge in [0.15, 0.2) is 5.60 Å². The molecule has 1 aliphatic rings. The van der Waals surface area contributed by atoms with Gasteiger partial charge in [-0.3, -0.25) is 0 Å². The van der Waals surface area contributed by atoms with Crippen LogP contribution in [0.25, 0.3) is 0 Å². The molecule has 1 fully saturated rings. The molecule has 6 heteroatoms. The Labute approximate surface area is 92.7 Å². The average Bonchev–Trinajstić information content (AvgIpc) is 2.15. The van der Waals surface area contributed by atoms with E-state index in [0.29, 0.717) is 6.54 Å². The molecule has 0 aromatic rings. The van der Waals surface area contributed by atoms with Gasteiger partial charge in [0.2, 0.25) is 0 Å². The third-order valence-corrected chi connectivity index (χ3v) is 3.04. The Bertz CT molecular complexity index is 223. The van der Waals surface area contributed by atoms with E-state index in [2.05, 4.69) is 5.32 Å². The molecule has 0 unspecified atom stereocenters. The lowest BCUT2D eigenvalue weighted by Crippen LogP contribution is -2.51. The van der Waals surface area contributed by atoms with Gasteiger partial charge in [-0.15, -0.1) is 0 Å². The molecule has 0 amide bonds. The number of alkyl halides is 3. The van der Waals surface area contributed by atoms with E-state index < -0.39 is 17.9 Å². The first kappa shape index (κ1) is 13.7. The summed E-state index contributed by atoms with van der Waals surface area (Å²) in [5.74, 6) is 0. The smallest absolute Gasteiger partial charge is 0.392 e. The van der Waals surface area contributed by atoms with E-state index in [1.165, 1.54) is 0 Å². The van der Waals surface area contributed by atoms with Crippen LogP contribution in [0.1, 0.15) is 32.6 Å². The van der Waals surface area contributed by atoms with Crippen molar-refractivity contribution >= 4 is 0 Å². The number of hydrogen-bond donors (Lipinski definition) is 3. The third-order valence-electron chi connectivity index (χ3n) is 3.04. The van der Waals surface area contributed by atoms with E-state index in [4.69, 9.17) is 5.11 Å². The Kier molecular flexibility index (Phi) is 4.20. The van der Waals surface area contributed by atoms with Crippen molar-refractivity contribution in [3.63, 3.8) is 0 Å². The summed E-state index contributed by atoms with van der Waals surface area (Å²) in [5, 5.41) is 21.4. The first-order valence-corrected chi connectivity index (χ1v) is 5.45. The number of aliphatic hydroxyl groups excluding tert-OH is 1. The molecule has 3 nitrogen and oxygen atoms in total. The average molecular weight is 241 g/mol. The van der Waals surface area contributed by atoms with Gasteiger partial charge in [-0.05, 0) is 32.6 Å². The van der Waals surface area contributed by atoms with Crippen molar-refractivity contribution in [2.75, 3.05) is 6.54 Å². The quantitative estimate of drug-likeness (QED) is 0.695. The molecule has 0 aromatic heterocycles. The van der Waals surface area contributed by atoms with Crippen molar-refractivity contribution in [3.05, 3.63) is 0 Å². The van der Waals surface area contributed by atoms with Crippen molar-refractivity contribution in [1.82, 2.24) is 5.32 Å². The summed E-state index contributed by atoms with van der Waals surface area (Å²) in [4.78, 5) is 0. The summed E-state index contributed by atoms with van der Waals surface area (Å²) in [5.41, 5.74) is -2.52. The van der Waals surface area contributed by atoms with Gasteiger partial charge in [0, 0.05) is 12.6 Å². The summed E-state index contributed by atoms with van der Waals surface area (Å²) >= 11 is 0. The highest BCUT2D eigenvalue weighted by Gasteiger charge is 2.54. The Morgan fingerprint density at radius 2 is 1.88 bits per heavy atom. The van der Waals surface area contributed by atoms with Gasteiger partial charge in [0.05, 0.1) is 6.10 Å². The second kappa shape index (κ2) is 4.89. The van der Waals surface area contributed by atoms with E-state index >= 15 is 0 Å². The number of halogens is 3. The molecule has 1 saturated carbocycles. The molecule has 1 aliphatic carbocycles. The van der Waals surface area contributed by atoms with Crippen LogP contribution in [0.3, 0.4) is 0 Å². The predicted octanol–water partition coefficient (Wildman–Crippen LogP) is 1.19. The van der Waals surface area contributed by atoms with Crippen LogP contribution in [0.15, 0.2) is 0 Å². The molecular formula is C10H18F3NO2. The molecule has 0 spiro atoms. The molecule has 0 bridgehead atoms. The second-order valence-electron chi connectivity index (χ2n) is 4.56. The second-order valence-corrected chi connectivity index (χ2v) is 4.56. The Morgan fingerprint density at radius 1 is 1.38 bits per heavy atom. The monoisotopic (exact) mass is 241 g/mol. The lowest BCUT2D eigenvalue weighted by molar-refractivity contribution is -0.270. The Morgan fingerprint density at radius 3 is 2.25 bits per heavy atom. The lowest BCUT2D eigenvalue weighted by Gasteiger charge is -2.37. The van der Waals surface area contributed by atoms with E-state index in [1.807, 2.05) is 0 Å². The minimum atomic E-state index is -4.54. The molecule has 0 aromatic carbocycles. The first-order chi connectivity index (χ1) is 7.24. The van der Waals surface area contributed by atoms with E-state index in [0.717, 1.165) is 0 Å². The Hall–Kier alpha value is -0.330. The summed E-state index contributed by atoms with van der Waals surface area (Å²) in [6.45, 7) is 1.98. The number of rotatable bonds is 3. The predicted molar refractivity (Wildman–Crippen MR) is 52.9 cm³/mol. The minimum absolute atomic E-state index is 0.0442. The molecule has 0 heterocycles. The zero-order valence-corrected chi connectivity index (χ0v) is 9.22. The summed E-state index contributed by atoms with van der Waals surface area (Å²) in [6.07, 6.45) is -5.03. The molecule has 16 heavy (non-hydrogen) atoms. The fourth-order valence-electron chi connectivity index (χ4n) is 1.92. The normalized spacial score (nSPS) is 33.8. The van der Waals surface area contributed by atoms with Gasteiger partial charge in [0.1, 0.15) is 0 Å². The molecule has 0 aliphatic heterocycles. The highest BCUT2D eigenvalue weighted by molar-refractivity contribution is 4.93. The van der Waals surface area contributed by atoms with Gasteiger partial charge < -0.3 is 15.5 Å². The highest BCUT2D eigenvalue weighted by atomic mass is 19.4. The number of aliphatic hydroxyl groups is 2. The van der Waals surface area contributed by atoms with E-state index in [-0.39, 0.29) is 31.7 Å². The number of hydrogen-bond acceptors (Lipinski definition) is 3. The van der Waals surface area contributed by atoms with Crippen molar-refractivity contribution < 1.29 is 23.4 Å². The molecular weight excluding hydrogens is 223 g/mol. The van der Waals surface area contributed by atoms with Crippen molar-refractivity contribution in [3.8, 4) is 0 Å². The van der Waals surface area contributed by atoms with Crippen molar-refractivity contribution in [1.29, 1.82) is 0 Å². The molecule has 1 atom stereocenters. The highest BCUT2D eigenvalue weighted by Crippen LogP contribution is 2.41. The van der Waals surface area contributed by atoms with Crippen LogP contribution in [-0.4, -0.2) is 40.7 Å². The van der Waals surface area contributed by atoms with Crippen molar-refractivity contribution in [2.45, 2.75) is 56.5 Å². The Balaban J connectivity index is 2.39. The van der Waals surface area contributed by atoms with Crippen LogP contribution < -0.4 is 5.32 Å². The van der Waals surface area contributed by atoms with E-state index in [1.54, 1.807) is 6.92 Å². The van der Waals surface area contributed by atoms with Gasteiger partial charge >= 0.3 is 6.18 Å². The topological polar surface area (TPSA) is 52.5 Å². The van der Waals surface area contributed by atoms with Crippen LogP contribution in [0.2, 0.25) is 0 Å². The van der Waals surface area contributed by atoms with Crippen LogP contribution in [0, 0.1) is 0 Å². The van der Waals surface area contributed by atoms with Gasteiger partial charge in [-0.2, -0.15) is 13.2 Å². The maximum absolute atomic E-state index is 12.5. The van der Waals surface area contributed by atoms with Crippen LogP contribution in [-0.2, 0) is 0 Å². The maximum atomic E-state index is 12.5. The fourth-order valence-corrected chi connectivity index (χ4v) is 1.92. The SMILES string of the molecule is C[C@H](O)CNC1CCC(O)(C(F)(F)F)CC1. The van der Waals surface area contributed by atoms with Gasteiger partial charge in [-0.25, -0.2) is 0 Å². The molecule has 0 radical (unpaired) electrons. The number of nitrogens with one attached hydrogen (secondary N) is 1. The minimum Gasteiger partial charge on any atom is -0.392 e. The lowest BCUT2D eigenvalue weighted by atomic mass is 9.81. The van der Waals surface area contributed by atoms with Crippen LogP contribution in [0.5, 0.6) is 0 Å². The van der Waals surface area contributed by atoms with Crippen LogP contribution in [0.4, 0.5) is 13.2 Å². The molecule has 1 rings (SSSR count). The third kappa shape index (κ3) is 3.33. The largest absolute Gasteiger partial charge is 0.417 e. The van der Waals surface area contributed by atoms with E-state index in [9.17, 15) is 18.3 Å². The maximum Gasteiger partial charge on any atom is 0.417 e. The summed E-state index contributed by atoms with van der Waals surface area (Å²) < 4.78 is 37.4. The zero-order valence-electron chi connectivity index (χ0n) is 9.22. The first-order valence-electron chi connectivity index (χ1n) is 5.45. The summed E-state index contributed by atoms with van der Waals surface area (Å²) in [6, 6.07) is -0.0442. The van der Waals surface area contributed by atoms with Gasteiger partial charge in [-0.1, -0.05) is 0 Å². The standard InChI is InChI=1S/C10H18F3NO2/c1-7(15)6-14-8-2-4-9(16,5-3-8)10(11,12)13/h7-8,14-16H,2-6H2,1H3/t7-,8?,9?/m0/s1. The summed E-state index contributed by atoms with van der Waals surface area (Å²) in [7, 11) is 0. The molecule has 3 N–H and O–H groups in total.